The average Bonchev–Trinajstić information content (AvgIpc) is 3.27. The number of carbonyl (C=O) groups excluding carboxylic acids is 2. The van der Waals surface area contributed by atoms with Gasteiger partial charge in [0, 0.05) is 11.1 Å². The molecule has 0 aromatic heterocycles. The number of amides is 2. The summed E-state index contributed by atoms with van der Waals surface area (Å²) in [6.45, 7) is 0.206. The molecular weight excluding hydrogens is 410 g/mol. The summed E-state index contributed by atoms with van der Waals surface area (Å²) in [6, 6.07) is 17.2. The summed E-state index contributed by atoms with van der Waals surface area (Å²) in [7, 11) is 0. The van der Waals surface area contributed by atoms with E-state index in [9.17, 15) is 9.59 Å². The lowest BCUT2D eigenvalue weighted by Crippen LogP contribution is -2.27. The molecule has 2 amide bonds. The van der Waals surface area contributed by atoms with Crippen LogP contribution in [0, 0.1) is 0 Å². The van der Waals surface area contributed by atoms with Crippen LogP contribution in [0.2, 0.25) is 5.02 Å². The number of rotatable bonds is 3. The van der Waals surface area contributed by atoms with Gasteiger partial charge in [-0.3, -0.25) is 14.5 Å². The van der Waals surface area contributed by atoms with E-state index in [1.165, 1.54) is 4.90 Å². The number of imide groups is 1. The Morgan fingerprint density at radius 2 is 1.79 bits per heavy atom. The Kier molecular flexibility index (Phi) is 4.45. The van der Waals surface area contributed by atoms with Crippen molar-refractivity contribution in [2.24, 2.45) is 0 Å². The van der Waals surface area contributed by atoms with Gasteiger partial charge in [-0.2, -0.15) is 0 Å². The number of hydrogen-bond acceptors (Lipinski definition) is 5. The number of nitrogens with zero attached hydrogens (tertiary/aromatic N) is 1. The van der Waals surface area contributed by atoms with E-state index >= 15 is 0 Å². The smallest absolute Gasteiger partial charge is 0.293 e. The number of hydrogen-bond donors (Lipinski definition) is 0. The fourth-order valence-corrected chi connectivity index (χ4v) is 4.45. The summed E-state index contributed by atoms with van der Waals surface area (Å²) < 4.78 is 10.7. The average molecular weight is 424 g/mol. The third-order valence-corrected chi connectivity index (χ3v) is 6.11. The van der Waals surface area contributed by atoms with Crippen molar-refractivity contribution in [2.75, 3.05) is 6.79 Å². The number of benzene rings is 3. The predicted octanol–water partition coefficient (Wildman–Crippen LogP) is 5.46. The van der Waals surface area contributed by atoms with Crippen molar-refractivity contribution >= 4 is 51.4 Å². The Bertz CT molecular complexity index is 1200. The quantitative estimate of drug-likeness (QED) is 0.523. The minimum atomic E-state index is -0.332. The summed E-state index contributed by atoms with van der Waals surface area (Å²) in [4.78, 5) is 27.0. The molecule has 2 heterocycles. The number of carbonyl (C=O) groups is 2. The second-order valence-electron chi connectivity index (χ2n) is 6.63. The molecule has 144 valence electrons. The molecule has 5 nitrogen and oxygen atoms in total. The normalized spacial score (nSPS) is 17.0. The molecule has 7 heteroatoms. The standard InChI is InChI=1S/C22H14ClNO4S/c23-17-10-19-18(27-12-28-19)8-15(17)11-24-21(25)20(29-22(24)26)9-14-6-3-5-13-4-1-2-7-16(13)14/h1-10H,11-12H2/b20-9-. The maximum atomic E-state index is 12.9. The molecule has 0 bridgehead atoms. The summed E-state index contributed by atoms with van der Waals surface area (Å²) in [6.07, 6.45) is 1.77. The van der Waals surface area contributed by atoms with Crippen LogP contribution in [0.25, 0.3) is 16.8 Å². The highest BCUT2D eigenvalue weighted by Gasteiger charge is 2.35. The number of halogens is 1. The van der Waals surface area contributed by atoms with Gasteiger partial charge in [0.1, 0.15) is 0 Å². The van der Waals surface area contributed by atoms with Gasteiger partial charge in [-0.25, -0.2) is 0 Å². The molecule has 5 rings (SSSR count). The van der Waals surface area contributed by atoms with E-state index in [0.717, 1.165) is 28.1 Å². The van der Waals surface area contributed by atoms with Crippen LogP contribution in [-0.2, 0) is 11.3 Å². The molecule has 0 saturated carbocycles. The Morgan fingerprint density at radius 3 is 2.66 bits per heavy atom. The molecule has 0 unspecified atom stereocenters. The largest absolute Gasteiger partial charge is 0.454 e. The molecule has 0 aliphatic carbocycles. The maximum Gasteiger partial charge on any atom is 0.293 e. The van der Waals surface area contributed by atoms with Crippen molar-refractivity contribution in [3.8, 4) is 11.5 Å². The lowest BCUT2D eigenvalue weighted by molar-refractivity contribution is -0.123. The van der Waals surface area contributed by atoms with Crippen molar-refractivity contribution in [1.29, 1.82) is 0 Å². The topological polar surface area (TPSA) is 55.8 Å². The molecule has 0 atom stereocenters. The second-order valence-corrected chi connectivity index (χ2v) is 8.03. The van der Waals surface area contributed by atoms with Crippen LogP contribution in [0.15, 0.2) is 59.5 Å². The van der Waals surface area contributed by atoms with Gasteiger partial charge < -0.3 is 9.47 Å². The van der Waals surface area contributed by atoms with E-state index < -0.39 is 0 Å². The van der Waals surface area contributed by atoms with Gasteiger partial charge in [0.25, 0.3) is 11.1 Å². The highest BCUT2D eigenvalue weighted by Crippen LogP contribution is 2.39. The number of fused-ring (bicyclic) bond motifs is 2. The summed E-state index contributed by atoms with van der Waals surface area (Å²) in [5.41, 5.74) is 1.53. The maximum absolute atomic E-state index is 12.9. The third kappa shape index (κ3) is 3.24. The molecule has 1 fully saturated rings. The van der Waals surface area contributed by atoms with E-state index in [2.05, 4.69) is 0 Å². The van der Waals surface area contributed by atoms with Gasteiger partial charge in [-0.1, -0.05) is 54.1 Å². The second kappa shape index (κ2) is 7.13. The zero-order chi connectivity index (χ0) is 20.0. The van der Waals surface area contributed by atoms with E-state index in [0.29, 0.717) is 27.0 Å². The zero-order valence-corrected chi connectivity index (χ0v) is 16.6. The summed E-state index contributed by atoms with van der Waals surface area (Å²) >= 11 is 7.24. The molecular formula is C22H14ClNO4S. The first-order valence-corrected chi connectivity index (χ1v) is 10.1. The Morgan fingerprint density at radius 1 is 1.03 bits per heavy atom. The van der Waals surface area contributed by atoms with Crippen LogP contribution in [0.4, 0.5) is 4.79 Å². The first kappa shape index (κ1) is 18.1. The molecule has 3 aromatic carbocycles. The van der Waals surface area contributed by atoms with Gasteiger partial charge in [0.05, 0.1) is 11.4 Å². The molecule has 1 saturated heterocycles. The minimum absolute atomic E-state index is 0.0764. The molecule has 29 heavy (non-hydrogen) atoms. The van der Waals surface area contributed by atoms with Crippen LogP contribution in [0.1, 0.15) is 11.1 Å². The van der Waals surface area contributed by atoms with Crippen molar-refractivity contribution in [1.82, 2.24) is 4.90 Å². The van der Waals surface area contributed by atoms with E-state index in [4.69, 9.17) is 21.1 Å². The van der Waals surface area contributed by atoms with E-state index in [1.54, 1.807) is 18.2 Å². The van der Waals surface area contributed by atoms with Gasteiger partial charge >= 0.3 is 0 Å². The van der Waals surface area contributed by atoms with Gasteiger partial charge in [0.2, 0.25) is 6.79 Å². The third-order valence-electron chi connectivity index (χ3n) is 4.85. The van der Waals surface area contributed by atoms with Crippen molar-refractivity contribution in [3.05, 3.63) is 75.7 Å². The lowest BCUT2D eigenvalue weighted by atomic mass is 10.0. The molecule has 2 aliphatic heterocycles. The monoisotopic (exact) mass is 423 g/mol. The Balaban J connectivity index is 1.45. The van der Waals surface area contributed by atoms with E-state index in [-0.39, 0.29) is 24.5 Å². The number of thioether (sulfide) groups is 1. The first-order valence-electron chi connectivity index (χ1n) is 8.91. The van der Waals surface area contributed by atoms with Gasteiger partial charge in [-0.15, -0.1) is 0 Å². The Labute approximate surface area is 175 Å². The van der Waals surface area contributed by atoms with Gasteiger partial charge in [-0.05, 0) is 45.8 Å². The summed E-state index contributed by atoms with van der Waals surface area (Å²) in [5.74, 6) is 0.785. The molecule has 0 N–H and O–H groups in total. The van der Waals surface area contributed by atoms with Crippen LogP contribution in [0.5, 0.6) is 11.5 Å². The van der Waals surface area contributed by atoms with E-state index in [1.807, 2.05) is 42.5 Å². The molecule has 0 radical (unpaired) electrons. The first-order chi connectivity index (χ1) is 14.1. The SMILES string of the molecule is O=C1S/C(=C\c2cccc3ccccc23)C(=O)N1Cc1cc2c(cc1Cl)OCO2. The van der Waals surface area contributed by atoms with Crippen molar-refractivity contribution in [2.45, 2.75) is 6.54 Å². The molecule has 0 spiro atoms. The number of ether oxygens (including phenoxy) is 2. The van der Waals surface area contributed by atoms with Crippen LogP contribution >= 0.6 is 23.4 Å². The predicted molar refractivity (Wildman–Crippen MR) is 113 cm³/mol. The van der Waals surface area contributed by atoms with Crippen LogP contribution < -0.4 is 9.47 Å². The fourth-order valence-electron chi connectivity index (χ4n) is 3.40. The minimum Gasteiger partial charge on any atom is -0.454 e. The fraction of sp³-hybridized carbons (Fsp3) is 0.0909. The van der Waals surface area contributed by atoms with Crippen LogP contribution in [-0.4, -0.2) is 22.8 Å². The highest BCUT2D eigenvalue weighted by molar-refractivity contribution is 8.18. The zero-order valence-electron chi connectivity index (χ0n) is 15.1. The lowest BCUT2D eigenvalue weighted by Gasteiger charge is -2.14. The van der Waals surface area contributed by atoms with Crippen LogP contribution in [0.3, 0.4) is 0 Å². The van der Waals surface area contributed by atoms with Gasteiger partial charge in [0.15, 0.2) is 11.5 Å². The molecule has 2 aliphatic rings. The summed E-state index contributed by atoms with van der Waals surface area (Å²) in [5, 5.41) is 2.20. The van der Waals surface area contributed by atoms with Crippen molar-refractivity contribution < 1.29 is 19.1 Å². The van der Waals surface area contributed by atoms with Crippen molar-refractivity contribution in [3.63, 3.8) is 0 Å². The molecule has 3 aromatic rings. The Hall–Kier alpha value is -2.96. The highest BCUT2D eigenvalue weighted by atomic mass is 35.5.